The van der Waals surface area contributed by atoms with Gasteiger partial charge >= 0.3 is 0 Å². The number of anilines is 1. The molecule has 1 aliphatic carbocycles. The second kappa shape index (κ2) is 8.83. The van der Waals surface area contributed by atoms with E-state index in [9.17, 15) is 12.8 Å². The molecule has 8 heteroatoms. The highest BCUT2D eigenvalue weighted by Gasteiger charge is 2.34. The number of para-hydroxylation sites is 1. The van der Waals surface area contributed by atoms with Crippen LogP contribution in [0.5, 0.6) is 0 Å². The number of rotatable bonds is 7. The van der Waals surface area contributed by atoms with Crippen molar-refractivity contribution in [3.8, 4) is 0 Å². The van der Waals surface area contributed by atoms with E-state index in [0.717, 1.165) is 29.8 Å². The average molecular weight is 421 g/mol. The lowest BCUT2D eigenvalue weighted by Gasteiger charge is -2.34. The quantitative estimate of drug-likeness (QED) is 0.739. The van der Waals surface area contributed by atoms with E-state index in [1.165, 1.54) is 30.0 Å². The molecule has 1 fully saturated rings. The van der Waals surface area contributed by atoms with Crippen LogP contribution in [0.1, 0.15) is 49.8 Å². The Morgan fingerprint density at radius 3 is 2.69 bits per heavy atom. The Morgan fingerprint density at radius 1 is 1.17 bits per heavy atom. The summed E-state index contributed by atoms with van der Waals surface area (Å²) in [4.78, 5) is 9.58. The molecule has 0 bridgehead atoms. The van der Waals surface area contributed by atoms with Crippen molar-refractivity contribution in [3.63, 3.8) is 0 Å². The van der Waals surface area contributed by atoms with Crippen LogP contribution < -0.4 is 4.90 Å². The third kappa shape index (κ3) is 4.64. The molecule has 6 nitrogen and oxygen atoms in total. The third-order valence-electron chi connectivity index (χ3n) is 6.31. The lowest BCUT2D eigenvalue weighted by molar-refractivity contribution is 0.344. The Hall–Kier alpha value is -1.93. The number of halogens is 1. The topological polar surface area (TPSA) is 69.3 Å². The Kier molecular flexibility index (Phi) is 6.20. The molecule has 1 aromatic carbocycles. The summed E-state index contributed by atoms with van der Waals surface area (Å²) in [5.74, 6) is 0.716. The largest absolute Gasteiger partial charge is 0.361 e. The molecule has 0 unspecified atom stereocenters. The van der Waals surface area contributed by atoms with Gasteiger partial charge in [0.05, 0.1) is 18.6 Å². The second-order valence-electron chi connectivity index (χ2n) is 8.23. The van der Waals surface area contributed by atoms with Gasteiger partial charge in [0.15, 0.2) is 0 Å². The fourth-order valence-corrected chi connectivity index (χ4v) is 5.61. The van der Waals surface area contributed by atoms with Crippen molar-refractivity contribution in [1.29, 1.82) is 0 Å². The molecule has 29 heavy (non-hydrogen) atoms. The van der Waals surface area contributed by atoms with Crippen molar-refractivity contribution in [2.75, 3.05) is 17.5 Å². The minimum atomic E-state index is -3.92. The van der Waals surface area contributed by atoms with Crippen molar-refractivity contribution in [3.05, 3.63) is 48.0 Å². The van der Waals surface area contributed by atoms with Crippen LogP contribution >= 0.6 is 0 Å². The summed E-state index contributed by atoms with van der Waals surface area (Å²) in [5.41, 5.74) is 2.91. The summed E-state index contributed by atoms with van der Waals surface area (Å²) in [6.45, 7) is 1.14. The molecule has 2 heterocycles. The van der Waals surface area contributed by atoms with Gasteiger partial charge in [-0.1, -0.05) is 43.9 Å². The van der Waals surface area contributed by atoms with Crippen LogP contribution in [0.2, 0.25) is 0 Å². The molecule has 0 spiro atoms. The van der Waals surface area contributed by atoms with Gasteiger partial charge in [-0.25, -0.2) is 17.8 Å². The van der Waals surface area contributed by atoms with Crippen molar-refractivity contribution in [2.24, 2.45) is 5.92 Å². The first kappa shape index (κ1) is 20.3. The fraction of sp³-hybridized carbons (Fsp3) is 0.571. The van der Waals surface area contributed by atoms with Crippen LogP contribution in [-0.4, -0.2) is 41.3 Å². The maximum atomic E-state index is 13.4. The molecule has 1 N–H and O–H groups in total. The highest BCUT2D eigenvalue weighted by atomic mass is 32.2. The first-order chi connectivity index (χ1) is 14.1. The first-order valence-corrected chi connectivity index (χ1v) is 12.0. The zero-order chi connectivity index (χ0) is 20.3. The number of sulfonamides is 1. The minimum absolute atomic E-state index is 0.0103. The fourth-order valence-electron chi connectivity index (χ4n) is 4.73. The average Bonchev–Trinajstić information content (AvgIpc) is 3.40. The number of H-pyrrole nitrogens is 1. The normalized spacial score (nSPS) is 21.3. The molecular formula is C21H29FN4O2S. The van der Waals surface area contributed by atoms with E-state index in [1.807, 2.05) is 24.3 Å². The van der Waals surface area contributed by atoms with Gasteiger partial charge in [-0.3, -0.25) is 0 Å². The molecule has 158 valence electrons. The van der Waals surface area contributed by atoms with E-state index >= 15 is 0 Å². The summed E-state index contributed by atoms with van der Waals surface area (Å²) < 4.78 is 39.6. The SMILES string of the molecule is O=S(=O)(CF)N1Cc2ccccc2N(Cc2cnc[nH]2)[C@H](CCC2CCCC2)C1. The smallest absolute Gasteiger partial charge is 0.243 e. The Morgan fingerprint density at radius 2 is 1.97 bits per heavy atom. The van der Waals surface area contributed by atoms with Gasteiger partial charge < -0.3 is 9.88 Å². The highest BCUT2D eigenvalue weighted by molar-refractivity contribution is 7.88. The summed E-state index contributed by atoms with van der Waals surface area (Å²) >= 11 is 0. The monoisotopic (exact) mass is 420 g/mol. The van der Waals surface area contributed by atoms with E-state index in [4.69, 9.17) is 0 Å². The van der Waals surface area contributed by atoms with E-state index in [1.54, 1.807) is 12.5 Å². The standard InChI is InChI=1S/C21H29FN4O2S/c22-15-29(27,28)25-12-18-7-3-4-8-21(18)26(13-19-11-23-16-24-19)20(14-25)10-9-17-5-1-2-6-17/h3-4,7-8,11,16-17,20H,1-2,5-6,9-10,12-15H2,(H,23,24)/t20-/m1/s1. The highest BCUT2D eigenvalue weighted by Crippen LogP contribution is 2.34. The number of nitrogens with one attached hydrogen (secondary N) is 1. The summed E-state index contributed by atoms with van der Waals surface area (Å²) in [5, 5.41) is 0. The number of imidazole rings is 1. The zero-order valence-electron chi connectivity index (χ0n) is 16.6. The minimum Gasteiger partial charge on any atom is -0.361 e. The lowest BCUT2D eigenvalue weighted by atomic mass is 9.97. The number of alkyl halides is 1. The Bertz CT molecular complexity index is 897. The third-order valence-corrected chi connectivity index (χ3v) is 7.65. The number of fused-ring (bicyclic) bond motifs is 1. The molecular weight excluding hydrogens is 391 g/mol. The van der Waals surface area contributed by atoms with Crippen molar-refractivity contribution in [1.82, 2.24) is 14.3 Å². The first-order valence-electron chi connectivity index (χ1n) is 10.4. The zero-order valence-corrected chi connectivity index (χ0v) is 17.5. The molecule has 2 aliphatic rings. The molecule has 0 amide bonds. The lowest BCUT2D eigenvalue weighted by Crippen LogP contribution is -2.44. The van der Waals surface area contributed by atoms with E-state index in [-0.39, 0.29) is 12.6 Å². The predicted molar refractivity (Wildman–Crippen MR) is 111 cm³/mol. The summed E-state index contributed by atoms with van der Waals surface area (Å²) in [6, 6.07) is 6.50. The van der Waals surface area contributed by atoms with Gasteiger partial charge in [0.25, 0.3) is 0 Å². The molecule has 2 aromatic rings. The molecule has 1 atom stereocenters. The molecule has 0 radical (unpaired) electrons. The van der Waals surface area contributed by atoms with Gasteiger partial charge in [-0.2, -0.15) is 4.31 Å². The van der Waals surface area contributed by atoms with Crippen LogP contribution in [-0.2, 0) is 23.1 Å². The van der Waals surface area contributed by atoms with E-state index < -0.39 is 16.0 Å². The molecule has 4 rings (SSSR count). The molecule has 0 saturated heterocycles. The number of aromatic nitrogens is 2. The number of hydrogen-bond donors (Lipinski definition) is 1. The van der Waals surface area contributed by atoms with Gasteiger partial charge in [-0.05, 0) is 30.4 Å². The van der Waals surface area contributed by atoms with Crippen molar-refractivity contribution >= 4 is 15.7 Å². The Labute approximate surface area is 172 Å². The Balaban J connectivity index is 1.67. The van der Waals surface area contributed by atoms with Crippen LogP contribution in [0.25, 0.3) is 0 Å². The number of aromatic amines is 1. The van der Waals surface area contributed by atoms with Crippen LogP contribution in [0.4, 0.5) is 10.1 Å². The molecule has 1 aliphatic heterocycles. The van der Waals surface area contributed by atoms with E-state index in [0.29, 0.717) is 19.0 Å². The van der Waals surface area contributed by atoms with Gasteiger partial charge in [0.1, 0.15) is 0 Å². The second-order valence-corrected chi connectivity index (χ2v) is 10.1. The maximum absolute atomic E-state index is 13.4. The van der Waals surface area contributed by atoms with Crippen LogP contribution in [0, 0.1) is 5.92 Å². The summed E-state index contributed by atoms with van der Waals surface area (Å²) in [7, 11) is -3.92. The van der Waals surface area contributed by atoms with Crippen LogP contribution in [0.3, 0.4) is 0 Å². The number of hydrogen-bond acceptors (Lipinski definition) is 4. The van der Waals surface area contributed by atoms with E-state index in [2.05, 4.69) is 14.9 Å². The molecule has 1 aromatic heterocycles. The van der Waals surface area contributed by atoms with Crippen molar-refractivity contribution < 1.29 is 12.8 Å². The van der Waals surface area contributed by atoms with Crippen molar-refractivity contribution in [2.45, 2.75) is 57.7 Å². The maximum Gasteiger partial charge on any atom is 0.243 e. The van der Waals surface area contributed by atoms with Gasteiger partial charge in [-0.15, -0.1) is 0 Å². The van der Waals surface area contributed by atoms with Gasteiger partial charge in [0.2, 0.25) is 16.0 Å². The summed E-state index contributed by atoms with van der Waals surface area (Å²) in [6.07, 6.45) is 10.5. The number of benzene rings is 1. The van der Waals surface area contributed by atoms with Gasteiger partial charge in [0, 0.05) is 31.0 Å². The number of nitrogens with zero attached hydrogens (tertiary/aromatic N) is 3. The predicted octanol–water partition coefficient (Wildman–Crippen LogP) is 3.83. The molecule has 1 saturated carbocycles. The van der Waals surface area contributed by atoms with Crippen LogP contribution in [0.15, 0.2) is 36.8 Å².